The summed E-state index contributed by atoms with van der Waals surface area (Å²) in [6.07, 6.45) is 0. The SMILES string of the molecule is c1ccc(-n2c3ccccc3c3cc4c(cc32)c2cccc3c2n4-c2cccc4c2B3c2sc3ccccc3c2N4c2ccc3c(c2)oc2ccccc23)cc1. The van der Waals surface area contributed by atoms with Crippen LogP contribution in [0.15, 0.2) is 174 Å². The number of para-hydroxylation sites is 4. The molecule has 0 N–H and O–H groups in total. The van der Waals surface area contributed by atoms with Crippen LogP contribution in [0.25, 0.3) is 87.0 Å². The minimum Gasteiger partial charge on any atom is -0.456 e. The molecular formula is C50H28BN3OS. The quantitative estimate of drug-likeness (QED) is 0.166. The van der Waals surface area contributed by atoms with Gasteiger partial charge in [0.25, 0.3) is 6.71 Å². The molecule has 0 saturated carbocycles. The molecule has 6 heteroatoms. The van der Waals surface area contributed by atoms with Crippen molar-refractivity contribution < 1.29 is 4.42 Å². The number of fused-ring (bicyclic) bond motifs is 15. The smallest absolute Gasteiger partial charge is 0.264 e. The summed E-state index contributed by atoms with van der Waals surface area (Å²) in [5, 5.41) is 8.65. The molecule has 56 heavy (non-hydrogen) atoms. The van der Waals surface area contributed by atoms with E-state index in [0.717, 1.165) is 27.6 Å². The standard InChI is InChI=1S/C50H28BN3OS/c1-2-12-29(13-3-1)52-39-19-7-4-14-31(39)36-27-43-37(28-42(36)52)34-17-10-18-38-48(34)54(43)41-21-11-20-40-47(41)51(38)50-49(35-16-6-9-23-46(35)56-50)53(40)30-24-25-33-32-15-5-8-22-44(32)55-45(33)26-30/h1-28H. The Balaban J connectivity index is 1.10. The largest absolute Gasteiger partial charge is 0.456 e. The van der Waals surface area contributed by atoms with Gasteiger partial charge in [0.15, 0.2) is 0 Å². The second-order valence-corrected chi connectivity index (χ2v) is 16.3. The number of hydrogen-bond acceptors (Lipinski definition) is 3. The van der Waals surface area contributed by atoms with E-state index in [1.807, 2.05) is 17.4 Å². The van der Waals surface area contributed by atoms with E-state index < -0.39 is 0 Å². The van der Waals surface area contributed by atoms with E-state index in [0.29, 0.717) is 0 Å². The van der Waals surface area contributed by atoms with E-state index in [-0.39, 0.29) is 6.71 Å². The molecule has 4 nitrogen and oxygen atoms in total. The van der Waals surface area contributed by atoms with Crippen molar-refractivity contribution in [1.82, 2.24) is 9.13 Å². The van der Waals surface area contributed by atoms with Crippen LogP contribution in [0.2, 0.25) is 0 Å². The van der Waals surface area contributed by atoms with Crippen molar-refractivity contribution in [3.05, 3.63) is 170 Å². The average Bonchev–Trinajstić information content (AvgIpc) is 4.00. The summed E-state index contributed by atoms with van der Waals surface area (Å²) in [6, 6.07) is 62.4. The zero-order valence-corrected chi connectivity index (χ0v) is 30.7. The van der Waals surface area contributed by atoms with Gasteiger partial charge in [-0.05, 0) is 77.7 Å². The summed E-state index contributed by atoms with van der Waals surface area (Å²) >= 11 is 1.94. The lowest BCUT2D eigenvalue weighted by Crippen LogP contribution is -2.59. The number of thiophene rings is 1. The van der Waals surface area contributed by atoms with Gasteiger partial charge >= 0.3 is 0 Å². The Kier molecular flexibility index (Phi) is 5.45. The third-order valence-electron chi connectivity index (χ3n) is 12.5. The highest BCUT2D eigenvalue weighted by Crippen LogP contribution is 2.47. The molecule has 0 amide bonds. The molecule has 6 heterocycles. The summed E-state index contributed by atoms with van der Waals surface area (Å²) in [4.78, 5) is 2.51. The number of nitrogens with zero attached hydrogens (tertiary/aromatic N) is 3. The van der Waals surface area contributed by atoms with E-state index in [1.165, 1.54) is 92.1 Å². The summed E-state index contributed by atoms with van der Waals surface area (Å²) in [6.45, 7) is 0.0914. The van der Waals surface area contributed by atoms with Crippen LogP contribution < -0.4 is 20.6 Å². The van der Waals surface area contributed by atoms with Crippen LogP contribution in [-0.4, -0.2) is 15.8 Å². The fraction of sp³-hybridized carbons (Fsp3) is 0. The Labute approximate surface area is 324 Å². The topological polar surface area (TPSA) is 26.2 Å². The molecule has 0 unspecified atom stereocenters. The van der Waals surface area contributed by atoms with E-state index in [1.54, 1.807) is 0 Å². The third kappa shape index (κ3) is 3.56. The van der Waals surface area contributed by atoms with Gasteiger partial charge in [-0.1, -0.05) is 97.1 Å². The van der Waals surface area contributed by atoms with Crippen LogP contribution in [0.3, 0.4) is 0 Å². The summed E-state index contributed by atoms with van der Waals surface area (Å²) in [5.74, 6) is 0. The van der Waals surface area contributed by atoms with Gasteiger partial charge in [-0.2, -0.15) is 0 Å². The lowest BCUT2D eigenvalue weighted by atomic mass is 9.36. The zero-order valence-electron chi connectivity index (χ0n) is 29.9. The van der Waals surface area contributed by atoms with Gasteiger partial charge in [0.05, 0.1) is 22.2 Å². The maximum atomic E-state index is 6.49. The van der Waals surface area contributed by atoms with E-state index in [4.69, 9.17) is 4.42 Å². The molecule has 4 aromatic heterocycles. The first-order valence-corrected chi connectivity index (χ1v) is 20.0. The maximum absolute atomic E-state index is 6.49. The van der Waals surface area contributed by atoms with Crippen LogP contribution in [0.5, 0.6) is 0 Å². The molecule has 0 spiro atoms. The fourth-order valence-electron chi connectivity index (χ4n) is 10.3. The Hall–Kier alpha value is -7.02. The number of anilines is 3. The second-order valence-electron chi connectivity index (χ2n) is 15.2. The monoisotopic (exact) mass is 729 g/mol. The average molecular weight is 730 g/mol. The summed E-state index contributed by atoms with van der Waals surface area (Å²) in [7, 11) is 0. The molecule has 0 saturated heterocycles. The van der Waals surface area contributed by atoms with Crippen molar-refractivity contribution in [1.29, 1.82) is 0 Å². The first kappa shape index (κ1) is 29.4. The highest BCUT2D eigenvalue weighted by Gasteiger charge is 2.44. The van der Waals surface area contributed by atoms with Gasteiger partial charge in [0, 0.05) is 81.5 Å². The minimum absolute atomic E-state index is 0.0914. The molecule has 0 radical (unpaired) electrons. The van der Waals surface area contributed by atoms with E-state index in [9.17, 15) is 0 Å². The van der Waals surface area contributed by atoms with Gasteiger partial charge in [0.1, 0.15) is 11.2 Å². The molecule has 2 aliphatic heterocycles. The van der Waals surface area contributed by atoms with Gasteiger partial charge in [-0.25, -0.2) is 0 Å². The Bertz CT molecular complexity index is 3680. The Morgan fingerprint density at radius 2 is 1.14 bits per heavy atom. The number of rotatable bonds is 2. The normalized spacial score (nSPS) is 13.3. The maximum Gasteiger partial charge on any atom is 0.264 e. The van der Waals surface area contributed by atoms with Crippen LogP contribution in [0.4, 0.5) is 17.1 Å². The van der Waals surface area contributed by atoms with Crippen molar-refractivity contribution in [2.75, 3.05) is 4.90 Å². The van der Waals surface area contributed by atoms with Crippen molar-refractivity contribution in [2.45, 2.75) is 0 Å². The molecule has 12 aromatic rings. The van der Waals surface area contributed by atoms with Gasteiger partial charge in [0.2, 0.25) is 0 Å². The van der Waals surface area contributed by atoms with E-state index in [2.05, 4.69) is 178 Å². The van der Waals surface area contributed by atoms with Crippen LogP contribution in [0.1, 0.15) is 0 Å². The molecule has 14 rings (SSSR count). The number of aromatic nitrogens is 2. The molecule has 258 valence electrons. The fourth-order valence-corrected chi connectivity index (χ4v) is 11.6. The van der Waals surface area contributed by atoms with Crippen molar-refractivity contribution in [3.63, 3.8) is 0 Å². The number of benzene rings is 8. The molecular weight excluding hydrogens is 701 g/mol. The van der Waals surface area contributed by atoms with E-state index >= 15 is 0 Å². The van der Waals surface area contributed by atoms with Crippen molar-refractivity contribution >= 4 is 126 Å². The first-order valence-electron chi connectivity index (χ1n) is 19.2. The number of furan rings is 1. The first-order chi connectivity index (χ1) is 27.8. The zero-order chi connectivity index (χ0) is 36.2. The predicted molar refractivity (Wildman–Crippen MR) is 237 cm³/mol. The molecule has 0 fully saturated rings. The highest BCUT2D eigenvalue weighted by molar-refractivity contribution is 7.33. The van der Waals surface area contributed by atoms with Crippen molar-refractivity contribution in [2.24, 2.45) is 0 Å². The van der Waals surface area contributed by atoms with Crippen LogP contribution in [-0.2, 0) is 0 Å². The van der Waals surface area contributed by atoms with Gasteiger partial charge in [-0.3, -0.25) is 0 Å². The third-order valence-corrected chi connectivity index (χ3v) is 13.7. The Morgan fingerprint density at radius 3 is 2.05 bits per heavy atom. The highest BCUT2D eigenvalue weighted by atomic mass is 32.1. The lowest BCUT2D eigenvalue weighted by Gasteiger charge is -2.38. The molecule has 0 bridgehead atoms. The molecule has 0 atom stereocenters. The number of hydrogen-bond donors (Lipinski definition) is 0. The van der Waals surface area contributed by atoms with Crippen LogP contribution in [0, 0.1) is 0 Å². The summed E-state index contributed by atoms with van der Waals surface area (Å²) in [5.41, 5.74) is 15.5. The molecule has 8 aromatic carbocycles. The Morgan fingerprint density at radius 1 is 0.446 bits per heavy atom. The van der Waals surface area contributed by atoms with Gasteiger partial charge < -0.3 is 18.5 Å². The minimum atomic E-state index is 0.0914. The van der Waals surface area contributed by atoms with Crippen molar-refractivity contribution in [3.8, 4) is 11.4 Å². The second kappa shape index (κ2) is 10.4. The van der Waals surface area contributed by atoms with Crippen LogP contribution >= 0.6 is 11.3 Å². The van der Waals surface area contributed by atoms with Gasteiger partial charge in [-0.15, -0.1) is 11.3 Å². The predicted octanol–water partition coefficient (Wildman–Crippen LogP) is 11.6. The summed E-state index contributed by atoms with van der Waals surface area (Å²) < 4.78 is 14.2. The molecule has 2 aliphatic rings. The molecule has 0 aliphatic carbocycles. The lowest BCUT2D eigenvalue weighted by molar-refractivity contribution is 0.669.